The molecule has 1 aromatic heterocycles. The lowest BCUT2D eigenvalue weighted by atomic mass is 9.96. The number of hydrogen-bond donors (Lipinski definition) is 1. The lowest BCUT2D eigenvalue weighted by Crippen LogP contribution is -2.10. The quantitative estimate of drug-likeness (QED) is 0.762. The smallest absolute Gasteiger partial charge is 0.167 e. The molecule has 0 aliphatic rings. The van der Waals surface area contributed by atoms with Crippen molar-refractivity contribution < 1.29 is 9.63 Å². The molecule has 0 aliphatic heterocycles. The Morgan fingerprint density at radius 2 is 1.86 bits per heavy atom. The fourth-order valence-electron chi connectivity index (χ4n) is 2.70. The number of nitrogens with zero attached hydrogens (tertiary/aromatic N) is 1. The van der Waals surface area contributed by atoms with Crippen molar-refractivity contribution >= 4 is 11.0 Å². The van der Waals surface area contributed by atoms with Crippen molar-refractivity contribution in [2.75, 3.05) is 0 Å². The molecule has 21 heavy (non-hydrogen) atoms. The third-order valence-corrected chi connectivity index (χ3v) is 3.73. The van der Waals surface area contributed by atoms with E-state index in [1.165, 1.54) is 0 Å². The molecule has 1 unspecified atom stereocenters. The van der Waals surface area contributed by atoms with Gasteiger partial charge in [-0.15, -0.1) is 0 Å². The van der Waals surface area contributed by atoms with Gasteiger partial charge in [-0.25, -0.2) is 0 Å². The van der Waals surface area contributed by atoms with Crippen molar-refractivity contribution in [2.24, 2.45) is 0 Å². The molecule has 3 nitrogen and oxygen atoms in total. The van der Waals surface area contributed by atoms with Crippen LogP contribution in [-0.2, 0) is 6.42 Å². The maximum absolute atomic E-state index is 10.1. The van der Waals surface area contributed by atoms with Gasteiger partial charge in [-0.05, 0) is 30.5 Å². The maximum Gasteiger partial charge on any atom is 0.167 e. The van der Waals surface area contributed by atoms with Crippen LogP contribution in [0.2, 0.25) is 0 Å². The van der Waals surface area contributed by atoms with Crippen LogP contribution in [-0.4, -0.2) is 16.4 Å². The van der Waals surface area contributed by atoms with Crippen LogP contribution in [0.3, 0.4) is 0 Å². The van der Waals surface area contributed by atoms with Crippen LogP contribution in [0, 0.1) is 0 Å². The first-order chi connectivity index (χ1) is 10.3. The summed E-state index contributed by atoms with van der Waals surface area (Å²) >= 11 is 0. The Kier molecular flexibility index (Phi) is 4.02. The van der Waals surface area contributed by atoms with Crippen molar-refractivity contribution in [3.8, 4) is 11.3 Å². The summed E-state index contributed by atoms with van der Waals surface area (Å²) < 4.78 is 5.40. The van der Waals surface area contributed by atoms with Crippen LogP contribution in [0.25, 0.3) is 22.2 Å². The lowest BCUT2D eigenvalue weighted by Gasteiger charge is -2.12. The summed E-state index contributed by atoms with van der Waals surface area (Å²) in [5, 5.41) is 15.3. The highest BCUT2D eigenvalue weighted by atomic mass is 16.5. The molecular weight excluding hydrogens is 262 g/mol. The normalized spacial score (nSPS) is 12.7. The molecule has 3 heteroatoms. The predicted octanol–water partition coefficient (Wildman–Crippen LogP) is 4.20. The standard InChI is InChI=1S/C18H19NO2/c1-2-7-14(20)12-13-8-3-4-9-15(13)18-16-10-5-6-11-17(16)21-19-18/h3-6,8-11,14,20H,2,7,12H2,1H3. The first kappa shape index (κ1) is 13.8. The molecule has 0 saturated heterocycles. The van der Waals surface area contributed by atoms with Gasteiger partial charge in [0, 0.05) is 10.9 Å². The number of rotatable bonds is 5. The van der Waals surface area contributed by atoms with E-state index in [1.807, 2.05) is 42.5 Å². The zero-order valence-corrected chi connectivity index (χ0v) is 12.1. The molecule has 108 valence electrons. The Hall–Kier alpha value is -2.13. The van der Waals surface area contributed by atoms with Gasteiger partial charge >= 0.3 is 0 Å². The summed E-state index contributed by atoms with van der Waals surface area (Å²) in [4.78, 5) is 0. The van der Waals surface area contributed by atoms with Crippen LogP contribution in [0.1, 0.15) is 25.3 Å². The van der Waals surface area contributed by atoms with E-state index < -0.39 is 0 Å². The Morgan fingerprint density at radius 3 is 2.71 bits per heavy atom. The summed E-state index contributed by atoms with van der Waals surface area (Å²) in [5.41, 5.74) is 3.79. The molecule has 1 atom stereocenters. The van der Waals surface area contributed by atoms with E-state index in [0.29, 0.717) is 6.42 Å². The second kappa shape index (κ2) is 6.10. The van der Waals surface area contributed by atoms with Crippen molar-refractivity contribution in [3.63, 3.8) is 0 Å². The van der Waals surface area contributed by atoms with E-state index in [9.17, 15) is 5.11 Å². The zero-order chi connectivity index (χ0) is 14.7. The average molecular weight is 281 g/mol. The van der Waals surface area contributed by atoms with Crippen molar-refractivity contribution in [3.05, 3.63) is 54.1 Å². The second-order valence-corrected chi connectivity index (χ2v) is 5.33. The van der Waals surface area contributed by atoms with Gasteiger partial charge in [-0.1, -0.05) is 54.9 Å². The molecule has 0 bridgehead atoms. The molecule has 2 aromatic carbocycles. The third kappa shape index (κ3) is 2.83. The van der Waals surface area contributed by atoms with Gasteiger partial charge in [0.1, 0.15) is 5.69 Å². The highest BCUT2D eigenvalue weighted by Crippen LogP contribution is 2.30. The molecule has 0 radical (unpaired) electrons. The second-order valence-electron chi connectivity index (χ2n) is 5.33. The summed E-state index contributed by atoms with van der Waals surface area (Å²) in [6.45, 7) is 2.08. The van der Waals surface area contributed by atoms with E-state index in [0.717, 1.165) is 40.6 Å². The zero-order valence-electron chi connectivity index (χ0n) is 12.1. The van der Waals surface area contributed by atoms with Crippen LogP contribution < -0.4 is 0 Å². The highest BCUT2D eigenvalue weighted by Gasteiger charge is 2.15. The minimum absolute atomic E-state index is 0.311. The SMILES string of the molecule is CCCC(O)Cc1ccccc1-c1noc2ccccc12. The van der Waals surface area contributed by atoms with Gasteiger partial charge in [-0.2, -0.15) is 0 Å². The molecular formula is C18H19NO2. The fourth-order valence-corrected chi connectivity index (χ4v) is 2.70. The molecule has 1 heterocycles. The van der Waals surface area contributed by atoms with E-state index >= 15 is 0 Å². The minimum Gasteiger partial charge on any atom is -0.393 e. The van der Waals surface area contributed by atoms with Crippen LogP contribution in [0.4, 0.5) is 0 Å². The maximum atomic E-state index is 10.1. The number of aliphatic hydroxyl groups is 1. The first-order valence-electron chi connectivity index (χ1n) is 7.40. The number of hydrogen-bond acceptors (Lipinski definition) is 3. The van der Waals surface area contributed by atoms with E-state index in [2.05, 4.69) is 18.1 Å². The number of benzene rings is 2. The highest BCUT2D eigenvalue weighted by molar-refractivity contribution is 5.92. The molecule has 0 saturated carbocycles. The summed E-state index contributed by atoms with van der Waals surface area (Å²) in [6, 6.07) is 15.9. The van der Waals surface area contributed by atoms with Crippen molar-refractivity contribution in [1.29, 1.82) is 0 Å². The summed E-state index contributed by atoms with van der Waals surface area (Å²) in [6.07, 6.45) is 2.13. The van der Waals surface area contributed by atoms with Crippen LogP contribution >= 0.6 is 0 Å². The fraction of sp³-hybridized carbons (Fsp3) is 0.278. The third-order valence-electron chi connectivity index (χ3n) is 3.73. The largest absolute Gasteiger partial charge is 0.393 e. The topological polar surface area (TPSA) is 46.3 Å². The molecule has 0 aliphatic carbocycles. The number of fused-ring (bicyclic) bond motifs is 1. The first-order valence-corrected chi connectivity index (χ1v) is 7.40. The Balaban J connectivity index is 2.02. The summed E-state index contributed by atoms with van der Waals surface area (Å²) in [5.74, 6) is 0. The Bertz CT molecular complexity index is 733. The molecule has 1 N–H and O–H groups in total. The van der Waals surface area contributed by atoms with Crippen LogP contribution in [0.5, 0.6) is 0 Å². The molecule has 3 aromatic rings. The van der Waals surface area contributed by atoms with Gasteiger partial charge in [0.15, 0.2) is 5.58 Å². The average Bonchev–Trinajstić information content (AvgIpc) is 2.92. The minimum atomic E-state index is -0.311. The van der Waals surface area contributed by atoms with Crippen molar-refractivity contribution in [2.45, 2.75) is 32.3 Å². The molecule has 0 fully saturated rings. The van der Waals surface area contributed by atoms with Gasteiger partial charge < -0.3 is 9.63 Å². The number of aliphatic hydroxyl groups excluding tert-OH is 1. The summed E-state index contributed by atoms with van der Waals surface area (Å²) in [7, 11) is 0. The van der Waals surface area contributed by atoms with E-state index in [-0.39, 0.29) is 6.10 Å². The van der Waals surface area contributed by atoms with Crippen molar-refractivity contribution in [1.82, 2.24) is 5.16 Å². The van der Waals surface area contributed by atoms with E-state index in [1.54, 1.807) is 0 Å². The number of aromatic nitrogens is 1. The Labute approximate surface area is 124 Å². The Morgan fingerprint density at radius 1 is 1.10 bits per heavy atom. The van der Waals surface area contributed by atoms with E-state index in [4.69, 9.17) is 4.52 Å². The monoisotopic (exact) mass is 281 g/mol. The van der Waals surface area contributed by atoms with Gasteiger partial charge in [0.25, 0.3) is 0 Å². The molecule has 0 amide bonds. The number of para-hydroxylation sites is 1. The predicted molar refractivity (Wildman–Crippen MR) is 84.1 cm³/mol. The van der Waals surface area contributed by atoms with Gasteiger partial charge in [0.05, 0.1) is 6.10 Å². The molecule has 0 spiro atoms. The van der Waals surface area contributed by atoms with Gasteiger partial charge in [0.2, 0.25) is 0 Å². The lowest BCUT2D eigenvalue weighted by molar-refractivity contribution is 0.164. The molecule has 3 rings (SSSR count). The van der Waals surface area contributed by atoms with Crippen LogP contribution in [0.15, 0.2) is 53.1 Å². The van der Waals surface area contributed by atoms with Gasteiger partial charge in [-0.3, -0.25) is 0 Å².